The van der Waals surface area contributed by atoms with Gasteiger partial charge in [-0.2, -0.15) is 4.98 Å². The van der Waals surface area contributed by atoms with Gasteiger partial charge in [0.25, 0.3) is 5.89 Å². The Morgan fingerprint density at radius 1 is 1.17 bits per heavy atom. The maximum Gasteiger partial charge on any atom is 0.409 e. The van der Waals surface area contributed by atoms with E-state index in [0.29, 0.717) is 48.4 Å². The standard InChI is InChI=1S/C22H28N8O6/c1-2-34-22(33)29-7-5-12(6-8-29)26-18-13-19(24-9-23-18)30(10-25-13)21-15(32)14(31)16(35-21)20-27-17(28-36-20)11-3-4-11/h9-12,14-16,21,31-32H,2-8H2,1H3,(H,23,24,26)/t14-,15-,16-,21+/m0/s1. The number of carbonyl (C=O) groups is 1. The lowest BCUT2D eigenvalue weighted by atomic mass is 10.1. The monoisotopic (exact) mass is 500 g/mol. The molecule has 2 saturated heterocycles. The minimum absolute atomic E-state index is 0.0941. The largest absolute Gasteiger partial charge is 0.450 e. The molecule has 0 unspecified atom stereocenters. The third-order valence-corrected chi connectivity index (χ3v) is 6.88. The number of nitrogens with zero attached hydrogens (tertiary/aromatic N) is 7. The summed E-state index contributed by atoms with van der Waals surface area (Å²) in [4.78, 5) is 31.2. The van der Waals surface area contributed by atoms with Crippen molar-refractivity contribution in [2.45, 2.75) is 69.1 Å². The van der Waals surface area contributed by atoms with E-state index in [1.54, 1.807) is 16.4 Å². The molecule has 0 aromatic carbocycles. The smallest absolute Gasteiger partial charge is 0.409 e. The number of aliphatic hydroxyl groups excluding tert-OH is 2. The zero-order chi connectivity index (χ0) is 24.8. The second-order valence-corrected chi connectivity index (χ2v) is 9.34. The SMILES string of the molecule is CCOC(=O)N1CCC(Nc2ncnc3c2ncn3[C@@H]2O[C@H](c3nc(C4CC4)no3)[C@@H](O)[C@@H]2O)CC1. The number of anilines is 1. The molecule has 192 valence electrons. The summed E-state index contributed by atoms with van der Waals surface area (Å²) in [6.07, 6.45) is 1.66. The Bertz CT molecular complexity index is 1240. The molecule has 14 nitrogen and oxygen atoms in total. The van der Waals surface area contributed by atoms with Gasteiger partial charge in [0.15, 0.2) is 35.1 Å². The average molecular weight is 501 g/mol. The lowest BCUT2D eigenvalue weighted by Crippen LogP contribution is -2.42. The number of imidazole rings is 1. The first kappa shape index (κ1) is 23.1. The van der Waals surface area contributed by atoms with Crippen LogP contribution in [-0.4, -0.2) is 88.8 Å². The number of hydrogen-bond acceptors (Lipinski definition) is 12. The van der Waals surface area contributed by atoms with Crippen LogP contribution in [0.3, 0.4) is 0 Å². The average Bonchev–Trinajstić information content (AvgIpc) is 3.34. The Morgan fingerprint density at radius 3 is 2.72 bits per heavy atom. The van der Waals surface area contributed by atoms with Gasteiger partial charge in [0, 0.05) is 25.0 Å². The molecule has 1 saturated carbocycles. The molecule has 2 aliphatic heterocycles. The first-order chi connectivity index (χ1) is 17.5. The van der Waals surface area contributed by atoms with Gasteiger partial charge in [-0.25, -0.2) is 19.7 Å². The number of ether oxygens (including phenoxy) is 2. The molecule has 3 aromatic heterocycles. The van der Waals surface area contributed by atoms with Crippen LogP contribution in [0.15, 0.2) is 17.2 Å². The number of fused-ring (bicyclic) bond motifs is 1. The molecule has 6 rings (SSSR count). The molecule has 36 heavy (non-hydrogen) atoms. The normalized spacial score (nSPS) is 27.0. The van der Waals surface area contributed by atoms with E-state index in [9.17, 15) is 15.0 Å². The van der Waals surface area contributed by atoms with E-state index in [4.69, 9.17) is 14.0 Å². The Balaban J connectivity index is 1.17. The van der Waals surface area contributed by atoms with Crippen LogP contribution in [0.2, 0.25) is 0 Å². The van der Waals surface area contributed by atoms with Crippen molar-refractivity contribution < 1.29 is 29.0 Å². The molecule has 5 heterocycles. The van der Waals surface area contributed by atoms with Crippen LogP contribution in [0.5, 0.6) is 0 Å². The van der Waals surface area contributed by atoms with Crippen LogP contribution in [-0.2, 0) is 9.47 Å². The van der Waals surface area contributed by atoms with E-state index in [2.05, 4.69) is 30.4 Å². The number of amides is 1. The van der Waals surface area contributed by atoms with Gasteiger partial charge in [-0.05, 0) is 32.6 Å². The molecule has 3 aliphatic rings. The highest BCUT2D eigenvalue weighted by atomic mass is 16.6. The number of likely N-dealkylation sites (tertiary alicyclic amines) is 1. The van der Waals surface area contributed by atoms with E-state index in [-0.39, 0.29) is 18.0 Å². The van der Waals surface area contributed by atoms with Crippen LogP contribution in [0.25, 0.3) is 11.2 Å². The fourth-order valence-corrected chi connectivity index (χ4v) is 4.72. The molecule has 0 bridgehead atoms. The second kappa shape index (κ2) is 9.26. The van der Waals surface area contributed by atoms with Crippen molar-refractivity contribution in [3.05, 3.63) is 24.4 Å². The van der Waals surface area contributed by atoms with Crippen molar-refractivity contribution in [1.82, 2.24) is 34.6 Å². The highest BCUT2D eigenvalue weighted by molar-refractivity contribution is 5.82. The van der Waals surface area contributed by atoms with E-state index in [1.807, 2.05) is 0 Å². The van der Waals surface area contributed by atoms with E-state index < -0.39 is 24.5 Å². The van der Waals surface area contributed by atoms with Crippen molar-refractivity contribution >= 4 is 23.1 Å². The van der Waals surface area contributed by atoms with Gasteiger partial charge in [-0.1, -0.05) is 5.16 Å². The van der Waals surface area contributed by atoms with Crippen molar-refractivity contribution in [2.24, 2.45) is 0 Å². The topological polar surface area (TPSA) is 174 Å². The third-order valence-electron chi connectivity index (χ3n) is 6.88. The molecule has 1 amide bonds. The fourth-order valence-electron chi connectivity index (χ4n) is 4.72. The zero-order valence-corrected chi connectivity index (χ0v) is 19.7. The lowest BCUT2D eigenvalue weighted by Gasteiger charge is -2.31. The van der Waals surface area contributed by atoms with E-state index >= 15 is 0 Å². The number of piperidine rings is 1. The second-order valence-electron chi connectivity index (χ2n) is 9.34. The number of rotatable bonds is 6. The van der Waals surface area contributed by atoms with Crippen LogP contribution < -0.4 is 5.32 Å². The molecular formula is C22H28N8O6. The summed E-state index contributed by atoms with van der Waals surface area (Å²) < 4.78 is 17.9. The number of nitrogens with one attached hydrogen (secondary N) is 1. The van der Waals surface area contributed by atoms with Crippen molar-refractivity contribution in [1.29, 1.82) is 0 Å². The number of aromatic nitrogens is 6. The summed E-state index contributed by atoms with van der Waals surface area (Å²) in [6.45, 7) is 3.31. The molecule has 0 radical (unpaired) electrons. The zero-order valence-electron chi connectivity index (χ0n) is 19.7. The van der Waals surface area contributed by atoms with Crippen LogP contribution in [0, 0.1) is 0 Å². The molecule has 3 N–H and O–H groups in total. The van der Waals surface area contributed by atoms with Gasteiger partial charge < -0.3 is 34.4 Å². The van der Waals surface area contributed by atoms with Crippen molar-refractivity contribution in [3.8, 4) is 0 Å². The van der Waals surface area contributed by atoms with Crippen molar-refractivity contribution in [3.63, 3.8) is 0 Å². The molecule has 4 atom stereocenters. The Hall–Kier alpha value is -3.36. The summed E-state index contributed by atoms with van der Waals surface area (Å²) in [5.41, 5.74) is 0.949. The summed E-state index contributed by atoms with van der Waals surface area (Å²) in [5.74, 6) is 1.58. The summed E-state index contributed by atoms with van der Waals surface area (Å²) in [7, 11) is 0. The summed E-state index contributed by atoms with van der Waals surface area (Å²) >= 11 is 0. The minimum atomic E-state index is -1.26. The van der Waals surface area contributed by atoms with Crippen LogP contribution >= 0.6 is 0 Å². The van der Waals surface area contributed by atoms with Crippen LogP contribution in [0.4, 0.5) is 10.6 Å². The molecule has 14 heteroatoms. The molecule has 0 spiro atoms. The van der Waals surface area contributed by atoms with Gasteiger partial charge in [0.1, 0.15) is 18.5 Å². The van der Waals surface area contributed by atoms with Gasteiger partial charge in [0.2, 0.25) is 0 Å². The van der Waals surface area contributed by atoms with Crippen LogP contribution in [0.1, 0.15) is 62.6 Å². The number of aliphatic hydroxyl groups is 2. The van der Waals surface area contributed by atoms with E-state index in [0.717, 1.165) is 25.7 Å². The van der Waals surface area contributed by atoms with Crippen molar-refractivity contribution in [2.75, 3.05) is 25.0 Å². The number of carbonyl (C=O) groups excluding carboxylic acids is 1. The summed E-state index contributed by atoms with van der Waals surface area (Å²) in [6, 6.07) is 0.0941. The minimum Gasteiger partial charge on any atom is -0.450 e. The number of hydrogen-bond donors (Lipinski definition) is 3. The fraction of sp³-hybridized carbons (Fsp3) is 0.636. The maximum absolute atomic E-state index is 12.0. The van der Waals surface area contributed by atoms with Gasteiger partial charge in [-0.15, -0.1) is 0 Å². The predicted octanol–water partition coefficient (Wildman–Crippen LogP) is 1.11. The maximum atomic E-state index is 12.0. The molecule has 3 aromatic rings. The van der Waals surface area contributed by atoms with Gasteiger partial charge in [-0.3, -0.25) is 4.57 Å². The Morgan fingerprint density at radius 2 is 1.97 bits per heavy atom. The predicted molar refractivity (Wildman–Crippen MR) is 122 cm³/mol. The first-order valence-corrected chi connectivity index (χ1v) is 12.2. The highest BCUT2D eigenvalue weighted by Crippen LogP contribution is 2.42. The quantitative estimate of drug-likeness (QED) is 0.440. The van der Waals surface area contributed by atoms with Gasteiger partial charge >= 0.3 is 6.09 Å². The van der Waals surface area contributed by atoms with E-state index in [1.165, 1.54) is 12.7 Å². The molecule has 3 fully saturated rings. The Labute approximate surface area is 205 Å². The van der Waals surface area contributed by atoms with Gasteiger partial charge in [0.05, 0.1) is 12.9 Å². The molecule has 1 aliphatic carbocycles. The molecular weight excluding hydrogens is 472 g/mol. The highest BCUT2D eigenvalue weighted by Gasteiger charge is 2.48. The summed E-state index contributed by atoms with van der Waals surface area (Å²) in [5, 5.41) is 28.8. The first-order valence-electron chi connectivity index (χ1n) is 12.2. The third kappa shape index (κ3) is 4.14. The lowest BCUT2D eigenvalue weighted by molar-refractivity contribution is -0.0451. The Kier molecular flexibility index (Phi) is 5.93.